The average Bonchev–Trinajstić information content (AvgIpc) is 2.28. The lowest BCUT2D eigenvalue weighted by atomic mass is 10.1. The minimum atomic E-state index is -3.39. The first-order valence-corrected chi connectivity index (χ1v) is 7.30. The van der Waals surface area contributed by atoms with Crippen LogP contribution in [-0.2, 0) is 14.8 Å². The van der Waals surface area contributed by atoms with Crippen LogP contribution in [0.1, 0.15) is 6.92 Å². The van der Waals surface area contributed by atoms with E-state index in [1.165, 1.54) is 0 Å². The molecule has 0 saturated carbocycles. The summed E-state index contributed by atoms with van der Waals surface area (Å²) < 4.78 is 24.7. The summed E-state index contributed by atoms with van der Waals surface area (Å²) in [6.45, 7) is 1.93. The van der Waals surface area contributed by atoms with Crippen LogP contribution >= 0.6 is 0 Å². The van der Waals surface area contributed by atoms with Crippen LogP contribution in [0, 0.1) is 5.92 Å². The third-order valence-corrected chi connectivity index (χ3v) is 2.87. The number of benzene rings is 1. The van der Waals surface area contributed by atoms with Gasteiger partial charge in [-0.2, -0.15) is 0 Å². The molecule has 18 heavy (non-hydrogen) atoms. The van der Waals surface area contributed by atoms with Gasteiger partial charge < -0.3 is 11.1 Å². The van der Waals surface area contributed by atoms with Crippen molar-refractivity contribution in [3.8, 4) is 0 Å². The predicted octanol–water partition coefficient (Wildman–Crippen LogP) is 0.591. The maximum absolute atomic E-state index is 11.7. The molecule has 0 aliphatic rings. The lowest BCUT2D eigenvalue weighted by Crippen LogP contribution is -2.27. The molecule has 0 fully saturated rings. The van der Waals surface area contributed by atoms with E-state index in [0.29, 0.717) is 11.4 Å². The molecule has 100 valence electrons. The third kappa shape index (κ3) is 4.34. The topological polar surface area (TPSA) is 101 Å². The van der Waals surface area contributed by atoms with Gasteiger partial charge in [0.2, 0.25) is 15.9 Å². The zero-order valence-electron chi connectivity index (χ0n) is 10.3. The maximum Gasteiger partial charge on any atom is 0.229 e. The number of carbonyl (C=O) groups excluding carboxylic acids is 1. The fraction of sp³-hybridized carbons (Fsp3) is 0.364. The van der Waals surface area contributed by atoms with E-state index in [0.717, 1.165) is 6.26 Å². The molecular weight excluding hydrogens is 254 g/mol. The van der Waals surface area contributed by atoms with Crippen molar-refractivity contribution in [3.05, 3.63) is 24.3 Å². The lowest BCUT2D eigenvalue weighted by molar-refractivity contribution is -0.119. The first-order chi connectivity index (χ1) is 8.33. The Morgan fingerprint density at radius 1 is 1.33 bits per heavy atom. The predicted molar refractivity (Wildman–Crippen MR) is 71.8 cm³/mol. The van der Waals surface area contributed by atoms with Gasteiger partial charge in [-0.05, 0) is 12.1 Å². The molecule has 0 spiro atoms. The van der Waals surface area contributed by atoms with Crippen LogP contribution in [-0.4, -0.2) is 27.1 Å². The van der Waals surface area contributed by atoms with E-state index in [1.54, 1.807) is 31.2 Å². The number of nitrogens with one attached hydrogen (secondary N) is 2. The molecule has 1 atom stereocenters. The van der Waals surface area contributed by atoms with Gasteiger partial charge in [0.05, 0.1) is 17.6 Å². The number of sulfonamides is 1. The highest BCUT2D eigenvalue weighted by atomic mass is 32.2. The molecule has 0 radical (unpaired) electrons. The molecule has 1 amide bonds. The minimum absolute atomic E-state index is 0.230. The number of hydrogen-bond acceptors (Lipinski definition) is 4. The van der Waals surface area contributed by atoms with E-state index in [-0.39, 0.29) is 18.4 Å². The monoisotopic (exact) mass is 271 g/mol. The van der Waals surface area contributed by atoms with Crippen LogP contribution < -0.4 is 15.8 Å². The smallest absolute Gasteiger partial charge is 0.229 e. The summed E-state index contributed by atoms with van der Waals surface area (Å²) in [6.07, 6.45) is 1.05. The molecule has 0 heterocycles. The van der Waals surface area contributed by atoms with E-state index in [9.17, 15) is 13.2 Å². The summed E-state index contributed by atoms with van der Waals surface area (Å²) in [5.41, 5.74) is 6.14. The summed E-state index contributed by atoms with van der Waals surface area (Å²) in [4.78, 5) is 11.7. The number of anilines is 2. The molecule has 4 N–H and O–H groups in total. The van der Waals surface area contributed by atoms with Gasteiger partial charge in [-0.15, -0.1) is 0 Å². The van der Waals surface area contributed by atoms with Crippen LogP contribution in [0.25, 0.3) is 0 Å². The Morgan fingerprint density at radius 2 is 1.89 bits per heavy atom. The molecule has 1 aromatic rings. The SMILES string of the molecule is CC(CN)C(=O)Nc1ccccc1NS(C)(=O)=O. The standard InChI is InChI=1S/C11H17N3O3S/c1-8(7-12)11(15)13-9-5-3-4-6-10(9)14-18(2,16)17/h3-6,8,14H,7,12H2,1-2H3,(H,13,15). The number of nitrogens with two attached hydrogens (primary N) is 1. The second kappa shape index (κ2) is 5.83. The zero-order chi connectivity index (χ0) is 13.8. The average molecular weight is 271 g/mol. The molecule has 0 aromatic heterocycles. The number of carbonyl (C=O) groups is 1. The highest BCUT2D eigenvalue weighted by Gasteiger charge is 2.13. The molecule has 7 heteroatoms. The zero-order valence-corrected chi connectivity index (χ0v) is 11.1. The number of hydrogen-bond donors (Lipinski definition) is 3. The van der Waals surface area contributed by atoms with E-state index in [1.807, 2.05) is 0 Å². The molecule has 0 bridgehead atoms. The quantitative estimate of drug-likeness (QED) is 0.729. The summed E-state index contributed by atoms with van der Waals surface area (Å²) in [6, 6.07) is 6.57. The van der Waals surface area contributed by atoms with E-state index < -0.39 is 10.0 Å². The Bertz CT molecular complexity index is 528. The molecule has 1 unspecified atom stereocenters. The van der Waals surface area contributed by atoms with E-state index in [4.69, 9.17) is 5.73 Å². The van der Waals surface area contributed by atoms with Gasteiger partial charge in [0.15, 0.2) is 0 Å². The fourth-order valence-electron chi connectivity index (χ4n) is 1.24. The molecule has 0 saturated heterocycles. The van der Waals surface area contributed by atoms with Crippen LogP contribution in [0.2, 0.25) is 0 Å². The Hall–Kier alpha value is -1.60. The molecule has 0 aliphatic carbocycles. The second-order valence-electron chi connectivity index (χ2n) is 4.05. The first kappa shape index (κ1) is 14.5. The molecule has 6 nitrogen and oxygen atoms in total. The highest BCUT2D eigenvalue weighted by Crippen LogP contribution is 2.22. The number of para-hydroxylation sites is 2. The van der Waals surface area contributed by atoms with Gasteiger partial charge in [0.1, 0.15) is 0 Å². The third-order valence-electron chi connectivity index (χ3n) is 2.28. The fourth-order valence-corrected chi connectivity index (χ4v) is 1.82. The number of amides is 1. The minimum Gasteiger partial charge on any atom is -0.330 e. The van der Waals surface area contributed by atoms with Gasteiger partial charge >= 0.3 is 0 Å². The summed E-state index contributed by atoms with van der Waals surface area (Å²) in [7, 11) is -3.39. The van der Waals surface area contributed by atoms with Crippen molar-refractivity contribution in [2.45, 2.75) is 6.92 Å². The van der Waals surface area contributed by atoms with Crippen LogP contribution in [0.5, 0.6) is 0 Å². The summed E-state index contributed by atoms with van der Waals surface area (Å²) in [5.74, 6) is -0.587. The van der Waals surface area contributed by atoms with Crippen molar-refractivity contribution in [1.29, 1.82) is 0 Å². The van der Waals surface area contributed by atoms with Gasteiger partial charge in [0, 0.05) is 12.5 Å². The maximum atomic E-state index is 11.7. The van der Waals surface area contributed by atoms with Crippen molar-refractivity contribution in [3.63, 3.8) is 0 Å². The van der Waals surface area contributed by atoms with Crippen molar-refractivity contribution < 1.29 is 13.2 Å². The van der Waals surface area contributed by atoms with E-state index >= 15 is 0 Å². The molecule has 0 aliphatic heterocycles. The Balaban J connectivity index is 2.93. The van der Waals surface area contributed by atoms with Gasteiger partial charge in [-0.3, -0.25) is 9.52 Å². The Kier molecular flexibility index (Phi) is 4.69. The van der Waals surface area contributed by atoms with E-state index in [2.05, 4.69) is 10.0 Å². The lowest BCUT2D eigenvalue weighted by Gasteiger charge is -2.14. The van der Waals surface area contributed by atoms with Crippen LogP contribution in [0.3, 0.4) is 0 Å². The van der Waals surface area contributed by atoms with Gasteiger partial charge in [-0.25, -0.2) is 8.42 Å². The molecule has 1 rings (SSSR count). The van der Waals surface area contributed by atoms with Crippen molar-refractivity contribution in [2.24, 2.45) is 11.7 Å². The summed E-state index contributed by atoms with van der Waals surface area (Å²) in [5, 5.41) is 2.64. The van der Waals surface area contributed by atoms with Crippen molar-refractivity contribution in [1.82, 2.24) is 0 Å². The summed E-state index contributed by atoms with van der Waals surface area (Å²) >= 11 is 0. The van der Waals surface area contributed by atoms with Crippen LogP contribution in [0.4, 0.5) is 11.4 Å². The second-order valence-corrected chi connectivity index (χ2v) is 5.79. The first-order valence-electron chi connectivity index (χ1n) is 5.41. The Labute approximate surface area is 107 Å². The Morgan fingerprint density at radius 3 is 2.39 bits per heavy atom. The van der Waals surface area contributed by atoms with Gasteiger partial charge in [0.25, 0.3) is 0 Å². The van der Waals surface area contributed by atoms with Crippen molar-refractivity contribution >= 4 is 27.3 Å². The largest absolute Gasteiger partial charge is 0.330 e. The molecular formula is C11H17N3O3S. The van der Waals surface area contributed by atoms with Crippen LogP contribution in [0.15, 0.2) is 24.3 Å². The normalized spacial score (nSPS) is 12.8. The number of rotatable bonds is 5. The van der Waals surface area contributed by atoms with Crippen molar-refractivity contribution in [2.75, 3.05) is 22.8 Å². The van der Waals surface area contributed by atoms with Gasteiger partial charge in [-0.1, -0.05) is 19.1 Å². The highest BCUT2D eigenvalue weighted by molar-refractivity contribution is 7.92. The molecule has 1 aromatic carbocycles.